The van der Waals surface area contributed by atoms with Crippen molar-refractivity contribution in [3.63, 3.8) is 0 Å². The lowest BCUT2D eigenvalue weighted by atomic mass is 10.0. The minimum absolute atomic E-state index is 0.0689. The number of fused-ring (bicyclic) bond motifs is 1. The number of carbonyl (C=O) groups excluding carboxylic acids is 4. The highest BCUT2D eigenvalue weighted by atomic mass is 16.5. The SMILES string of the molecule is O=C1CCC(N2Cc3c(NC(=O)COCCN4CCNCC4)cccc3C2=O)C(=O)N1. The number of ether oxygens (including phenoxy) is 1. The van der Waals surface area contributed by atoms with Crippen molar-refractivity contribution in [2.75, 3.05) is 51.3 Å². The van der Waals surface area contributed by atoms with Gasteiger partial charge in [-0.25, -0.2) is 0 Å². The Morgan fingerprint density at radius 2 is 2.00 bits per heavy atom. The van der Waals surface area contributed by atoms with Gasteiger partial charge in [0, 0.05) is 62.5 Å². The van der Waals surface area contributed by atoms with Gasteiger partial charge in [0.2, 0.25) is 17.7 Å². The Labute approximate surface area is 180 Å². The predicted molar refractivity (Wildman–Crippen MR) is 111 cm³/mol. The maximum atomic E-state index is 12.8. The van der Waals surface area contributed by atoms with E-state index in [1.54, 1.807) is 18.2 Å². The fourth-order valence-electron chi connectivity index (χ4n) is 4.18. The first-order valence-corrected chi connectivity index (χ1v) is 10.6. The molecular formula is C21H27N5O5. The van der Waals surface area contributed by atoms with Crippen molar-refractivity contribution in [3.05, 3.63) is 29.3 Å². The monoisotopic (exact) mass is 429 g/mol. The summed E-state index contributed by atoms with van der Waals surface area (Å²) in [4.78, 5) is 52.5. The van der Waals surface area contributed by atoms with E-state index in [-0.39, 0.29) is 37.3 Å². The Kier molecular flexibility index (Phi) is 6.59. The molecule has 10 heteroatoms. The van der Waals surface area contributed by atoms with Gasteiger partial charge in [-0.2, -0.15) is 0 Å². The van der Waals surface area contributed by atoms with E-state index in [2.05, 4.69) is 20.9 Å². The number of nitrogens with zero attached hydrogens (tertiary/aromatic N) is 2. The number of piperidine rings is 1. The highest BCUT2D eigenvalue weighted by Crippen LogP contribution is 2.32. The minimum Gasteiger partial charge on any atom is -0.370 e. The zero-order valence-electron chi connectivity index (χ0n) is 17.3. The Hall–Kier alpha value is -2.82. The maximum absolute atomic E-state index is 12.8. The van der Waals surface area contributed by atoms with E-state index in [0.29, 0.717) is 29.8 Å². The summed E-state index contributed by atoms with van der Waals surface area (Å²) in [5.74, 6) is -1.34. The summed E-state index contributed by atoms with van der Waals surface area (Å²) in [5, 5.41) is 8.40. The number of hydrogen-bond donors (Lipinski definition) is 3. The fourth-order valence-corrected chi connectivity index (χ4v) is 4.18. The fraction of sp³-hybridized carbons (Fsp3) is 0.524. The summed E-state index contributed by atoms with van der Waals surface area (Å²) >= 11 is 0. The molecule has 3 N–H and O–H groups in total. The van der Waals surface area contributed by atoms with E-state index in [1.165, 1.54) is 4.90 Å². The van der Waals surface area contributed by atoms with Gasteiger partial charge in [0.25, 0.3) is 5.91 Å². The zero-order chi connectivity index (χ0) is 21.8. The standard InChI is InChI=1S/C21H27N5O5/c27-18-5-4-17(20(29)24-18)26-12-15-14(21(26)30)2-1-3-16(15)23-19(28)13-31-11-10-25-8-6-22-7-9-25/h1-3,17,22H,4-13H2,(H,23,28)(H,24,27,29). The van der Waals surface area contributed by atoms with Crippen LogP contribution in [-0.2, 0) is 25.7 Å². The Bertz CT molecular complexity index is 883. The van der Waals surface area contributed by atoms with Gasteiger partial charge in [-0.15, -0.1) is 0 Å². The number of nitrogens with one attached hydrogen (secondary N) is 3. The summed E-state index contributed by atoms with van der Waals surface area (Å²) in [6.45, 7) is 5.28. The van der Waals surface area contributed by atoms with Gasteiger partial charge in [0.1, 0.15) is 12.6 Å². The van der Waals surface area contributed by atoms with E-state index in [4.69, 9.17) is 4.74 Å². The number of hydrogen-bond acceptors (Lipinski definition) is 7. The van der Waals surface area contributed by atoms with Gasteiger partial charge in [0.05, 0.1) is 6.61 Å². The smallest absolute Gasteiger partial charge is 0.255 e. The first-order chi connectivity index (χ1) is 15.0. The molecule has 3 aliphatic rings. The molecule has 0 radical (unpaired) electrons. The van der Waals surface area contributed by atoms with Crippen LogP contribution < -0.4 is 16.0 Å². The lowest BCUT2D eigenvalue weighted by Gasteiger charge is -2.29. The highest BCUT2D eigenvalue weighted by Gasteiger charge is 2.39. The number of carbonyl (C=O) groups is 4. The first kappa shape index (κ1) is 21.4. The second-order valence-electron chi connectivity index (χ2n) is 7.92. The quantitative estimate of drug-likeness (QED) is 0.388. The molecule has 31 heavy (non-hydrogen) atoms. The van der Waals surface area contributed by atoms with Crippen molar-refractivity contribution < 1.29 is 23.9 Å². The molecule has 0 spiro atoms. The second-order valence-corrected chi connectivity index (χ2v) is 7.92. The molecule has 4 amide bonds. The molecular weight excluding hydrogens is 402 g/mol. The van der Waals surface area contributed by atoms with Gasteiger partial charge in [0.15, 0.2) is 0 Å². The van der Waals surface area contributed by atoms with Crippen molar-refractivity contribution >= 4 is 29.3 Å². The van der Waals surface area contributed by atoms with E-state index in [1.807, 2.05) is 0 Å². The molecule has 0 aromatic heterocycles. The third-order valence-corrected chi connectivity index (χ3v) is 5.85. The van der Waals surface area contributed by atoms with Crippen molar-refractivity contribution in [2.45, 2.75) is 25.4 Å². The van der Waals surface area contributed by atoms with E-state index in [9.17, 15) is 19.2 Å². The highest BCUT2D eigenvalue weighted by molar-refractivity contribution is 6.06. The normalized spacial score (nSPS) is 21.7. The topological polar surface area (TPSA) is 120 Å². The minimum atomic E-state index is -0.686. The van der Waals surface area contributed by atoms with Crippen LogP contribution in [0.4, 0.5) is 5.69 Å². The summed E-state index contributed by atoms with van der Waals surface area (Å²) in [6, 6.07) is 4.43. The molecule has 1 unspecified atom stereocenters. The van der Waals surface area contributed by atoms with Crippen LogP contribution in [0, 0.1) is 0 Å². The van der Waals surface area contributed by atoms with Crippen LogP contribution in [0.3, 0.4) is 0 Å². The van der Waals surface area contributed by atoms with Crippen LogP contribution in [0.5, 0.6) is 0 Å². The third-order valence-electron chi connectivity index (χ3n) is 5.85. The summed E-state index contributed by atoms with van der Waals surface area (Å²) in [5.41, 5.74) is 1.67. The molecule has 2 fully saturated rings. The van der Waals surface area contributed by atoms with Gasteiger partial charge in [-0.3, -0.25) is 29.4 Å². The van der Waals surface area contributed by atoms with Gasteiger partial charge in [-0.1, -0.05) is 6.07 Å². The number of anilines is 1. The van der Waals surface area contributed by atoms with Crippen LogP contribution in [0.2, 0.25) is 0 Å². The molecule has 1 aromatic carbocycles. The lowest BCUT2D eigenvalue weighted by molar-refractivity contribution is -0.137. The Morgan fingerprint density at radius 1 is 1.19 bits per heavy atom. The second kappa shape index (κ2) is 9.54. The van der Waals surface area contributed by atoms with E-state index in [0.717, 1.165) is 32.7 Å². The summed E-state index contributed by atoms with van der Waals surface area (Å²) in [7, 11) is 0. The number of benzene rings is 1. The van der Waals surface area contributed by atoms with Crippen molar-refractivity contribution in [1.29, 1.82) is 0 Å². The van der Waals surface area contributed by atoms with Crippen LogP contribution in [0.25, 0.3) is 0 Å². The molecule has 10 nitrogen and oxygen atoms in total. The first-order valence-electron chi connectivity index (χ1n) is 10.6. The number of rotatable bonds is 7. The molecule has 1 aromatic rings. The van der Waals surface area contributed by atoms with Crippen LogP contribution in [0.1, 0.15) is 28.8 Å². The number of imide groups is 1. The van der Waals surface area contributed by atoms with Crippen molar-refractivity contribution in [1.82, 2.24) is 20.4 Å². The Balaban J connectivity index is 1.32. The number of piperazine rings is 1. The van der Waals surface area contributed by atoms with Crippen molar-refractivity contribution in [3.8, 4) is 0 Å². The van der Waals surface area contributed by atoms with Gasteiger partial charge in [-0.05, 0) is 18.6 Å². The molecule has 166 valence electrons. The number of amides is 4. The van der Waals surface area contributed by atoms with E-state index < -0.39 is 11.9 Å². The molecule has 0 aliphatic carbocycles. The molecule has 1 atom stereocenters. The summed E-state index contributed by atoms with van der Waals surface area (Å²) < 4.78 is 5.51. The zero-order valence-corrected chi connectivity index (χ0v) is 17.3. The van der Waals surface area contributed by atoms with Crippen LogP contribution >= 0.6 is 0 Å². The summed E-state index contributed by atoms with van der Waals surface area (Å²) in [6.07, 6.45) is 0.498. The van der Waals surface area contributed by atoms with Crippen molar-refractivity contribution in [2.24, 2.45) is 0 Å². The lowest BCUT2D eigenvalue weighted by Crippen LogP contribution is -2.52. The molecule has 2 saturated heterocycles. The molecule has 4 rings (SSSR count). The maximum Gasteiger partial charge on any atom is 0.255 e. The Morgan fingerprint density at radius 3 is 2.77 bits per heavy atom. The molecule has 0 saturated carbocycles. The average Bonchev–Trinajstić information content (AvgIpc) is 3.09. The predicted octanol–water partition coefficient (Wildman–Crippen LogP) is -0.692. The molecule has 3 heterocycles. The van der Waals surface area contributed by atoms with E-state index >= 15 is 0 Å². The molecule has 3 aliphatic heterocycles. The third kappa shape index (κ3) is 4.92. The molecule has 0 bridgehead atoms. The largest absolute Gasteiger partial charge is 0.370 e. The van der Waals surface area contributed by atoms with Crippen LogP contribution in [0.15, 0.2) is 18.2 Å². The van der Waals surface area contributed by atoms with Gasteiger partial charge < -0.3 is 20.3 Å². The van der Waals surface area contributed by atoms with Crippen LogP contribution in [-0.4, -0.2) is 85.4 Å². The average molecular weight is 429 g/mol. The van der Waals surface area contributed by atoms with Gasteiger partial charge >= 0.3 is 0 Å².